The van der Waals surface area contributed by atoms with E-state index in [9.17, 15) is 30.0 Å². The van der Waals surface area contributed by atoms with Crippen molar-refractivity contribution in [3.05, 3.63) is 48.1 Å². The highest BCUT2D eigenvalue weighted by atomic mass is 16.7. The van der Waals surface area contributed by atoms with Crippen LogP contribution in [0.3, 0.4) is 0 Å². The van der Waals surface area contributed by atoms with Gasteiger partial charge in [0.1, 0.15) is 18.3 Å². The van der Waals surface area contributed by atoms with Gasteiger partial charge in [-0.1, -0.05) is 109 Å². The summed E-state index contributed by atoms with van der Waals surface area (Å²) in [6, 6.07) is 0. The molecule has 7 rings (SSSR count). The van der Waals surface area contributed by atoms with Crippen molar-refractivity contribution in [2.45, 2.75) is 299 Å². The zero-order valence-electron chi connectivity index (χ0n) is 46.8. The van der Waals surface area contributed by atoms with Gasteiger partial charge in [-0.25, -0.2) is 4.79 Å². The first-order valence-corrected chi connectivity index (χ1v) is 29.8. The standard InChI is InChI=1S/C61H98O14/c1-8-9-10-11-12-13-14-15-16-17-18-19-20-21-24-52(63)70-51-28-27-47(40-58(7,67)57(65)66)72-61(51)39-41(2)37-50(73-61)42(3)25-26-46-30-34-60(71-46)35-31-49-56(75-60)53(64)45(6)55(69-49)48(62)38-44(5)54-43(4)29-33-59(74-54)32-22-23-36-68-59/h14-15,25-26,39,42-44,46-51,53-56,62,64,67H,6,8-13,16-24,27-38,40H2,1-5,7H3,(H,65,66)/b15-14+,26-25?/t42-,43-,44+,46+,47+,48+,49-,50+,51-,53-,54+,55+,56-,58-,59+,60-,61-/m1/s1. The SMILES string of the molecule is C=C1[C@@H](O)[C@@H]2O[C@]3(CC[C@H](C=C[C@@H](C)[C@@H]4CC(C)=C[C@@]5(O[C@H](C[C@@](C)(O)C(=O)O)CC[C@H]5OC(=O)CCCCCCC/C=C/CCCCCCC)O4)O3)CC[C@H]2O[C@@H]1[C@@H](O)C[C@H](C)[C@H]1O[C@@]2(CCCCO2)CC[C@H]1C. The summed E-state index contributed by atoms with van der Waals surface area (Å²) in [6.07, 6.45) is 28.1. The van der Waals surface area contributed by atoms with Crippen molar-refractivity contribution in [2.24, 2.45) is 17.8 Å². The monoisotopic (exact) mass is 1050 g/mol. The molecule has 0 bridgehead atoms. The molecule has 0 unspecified atom stereocenters. The van der Waals surface area contributed by atoms with Crippen LogP contribution in [-0.2, 0) is 47.5 Å². The van der Waals surface area contributed by atoms with Crippen LogP contribution in [0, 0.1) is 17.8 Å². The number of aliphatic hydroxyl groups excluding tert-OH is 2. The summed E-state index contributed by atoms with van der Waals surface area (Å²) in [5, 5.41) is 43.9. The second kappa shape index (κ2) is 27.6. The Morgan fingerprint density at radius 1 is 0.880 bits per heavy atom. The van der Waals surface area contributed by atoms with Crippen LogP contribution < -0.4 is 0 Å². The van der Waals surface area contributed by atoms with E-state index in [1.807, 2.05) is 13.0 Å². The fraction of sp³-hybridized carbons (Fsp3) is 0.836. The molecule has 0 radical (unpaired) electrons. The minimum Gasteiger partial charge on any atom is -0.479 e. The quantitative estimate of drug-likeness (QED) is 0.0384. The van der Waals surface area contributed by atoms with Gasteiger partial charge in [-0.05, 0) is 127 Å². The topological polar surface area (TPSA) is 189 Å². The summed E-state index contributed by atoms with van der Waals surface area (Å²) in [4.78, 5) is 25.4. The lowest BCUT2D eigenvalue weighted by atomic mass is 9.79. The van der Waals surface area contributed by atoms with Gasteiger partial charge in [0.2, 0.25) is 5.79 Å². The highest BCUT2D eigenvalue weighted by Gasteiger charge is 2.55. The number of aliphatic hydroxyl groups is 3. The summed E-state index contributed by atoms with van der Waals surface area (Å²) < 4.78 is 52.6. The molecule has 6 saturated heterocycles. The third kappa shape index (κ3) is 16.1. The molecule has 7 heterocycles. The normalized spacial score (nSPS) is 37.4. The molecule has 3 spiro atoms. The Kier molecular flexibility index (Phi) is 22.1. The van der Waals surface area contributed by atoms with E-state index in [1.165, 1.54) is 45.4 Å². The highest BCUT2D eigenvalue weighted by Crippen LogP contribution is 2.48. The number of hydrogen-bond acceptors (Lipinski definition) is 13. The molecule has 0 aromatic carbocycles. The molecule has 0 aromatic rings. The molecule has 0 saturated carbocycles. The van der Waals surface area contributed by atoms with Gasteiger partial charge in [-0.3, -0.25) is 4.79 Å². The lowest BCUT2D eigenvalue weighted by Gasteiger charge is -2.50. The number of aliphatic carboxylic acids is 1. The van der Waals surface area contributed by atoms with Crippen molar-refractivity contribution in [3.63, 3.8) is 0 Å². The smallest absolute Gasteiger partial charge is 0.335 e. The molecule has 17 atom stereocenters. The molecule has 6 fully saturated rings. The van der Waals surface area contributed by atoms with E-state index >= 15 is 0 Å². The third-order valence-corrected chi connectivity index (χ3v) is 17.6. The molecule has 426 valence electrons. The Bertz CT molecular complexity index is 1920. The number of allylic oxidation sites excluding steroid dienone is 2. The number of carbonyl (C=O) groups is 2. The molecular weight excluding hydrogens is 957 g/mol. The number of esters is 1. The Morgan fingerprint density at radius 2 is 1.59 bits per heavy atom. The number of ether oxygens (including phenoxy) is 8. The van der Waals surface area contributed by atoms with Gasteiger partial charge >= 0.3 is 11.9 Å². The van der Waals surface area contributed by atoms with Crippen LogP contribution in [0.1, 0.15) is 215 Å². The van der Waals surface area contributed by atoms with Crippen LogP contribution in [0.4, 0.5) is 0 Å². The minimum absolute atomic E-state index is 0.0384. The summed E-state index contributed by atoms with van der Waals surface area (Å²) in [7, 11) is 0. The first kappa shape index (κ1) is 60.1. The van der Waals surface area contributed by atoms with Crippen LogP contribution in [-0.4, -0.2) is 123 Å². The van der Waals surface area contributed by atoms with Crippen molar-refractivity contribution in [1.82, 2.24) is 0 Å². The first-order valence-electron chi connectivity index (χ1n) is 29.8. The Balaban J connectivity index is 0.895. The van der Waals surface area contributed by atoms with E-state index in [1.54, 1.807) is 0 Å². The average Bonchev–Trinajstić information content (AvgIpc) is 3.77. The molecule has 7 aliphatic rings. The van der Waals surface area contributed by atoms with Gasteiger partial charge in [0.05, 0.1) is 43.2 Å². The average molecular weight is 1060 g/mol. The highest BCUT2D eigenvalue weighted by molar-refractivity contribution is 5.76. The summed E-state index contributed by atoms with van der Waals surface area (Å²) >= 11 is 0. The molecule has 7 aliphatic heterocycles. The molecule has 14 nitrogen and oxygen atoms in total. The van der Waals surface area contributed by atoms with Crippen molar-refractivity contribution < 1.29 is 67.9 Å². The Labute approximate surface area is 449 Å². The van der Waals surface area contributed by atoms with Gasteiger partial charge in [0.25, 0.3) is 0 Å². The molecule has 4 N–H and O–H groups in total. The predicted molar refractivity (Wildman–Crippen MR) is 286 cm³/mol. The van der Waals surface area contributed by atoms with Gasteiger partial charge in [-0.15, -0.1) is 0 Å². The number of fused-ring (bicyclic) bond motifs is 1. The van der Waals surface area contributed by atoms with Gasteiger partial charge in [0.15, 0.2) is 23.3 Å². The Morgan fingerprint density at radius 3 is 2.31 bits per heavy atom. The van der Waals surface area contributed by atoms with E-state index in [0.717, 1.165) is 82.8 Å². The molecule has 14 heteroatoms. The fourth-order valence-corrected chi connectivity index (χ4v) is 13.1. The summed E-state index contributed by atoms with van der Waals surface area (Å²) in [6.45, 7) is 16.9. The lowest BCUT2D eigenvalue weighted by molar-refractivity contribution is -0.322. The Hall–Kier alpha value is -2.50. The maximum atomic E-state index is 13.5. The number of carboxylic acid groups (broad SMARTS) is 1. The van der Waals surface area contributed by atoms with Crippen molar-refractivity contribution in [1.29, 1.82) is 0 Å². The zero-order chi connectivity index (χ0) is 53.8. The number of carboxylic acids is 1. The van der Waals surface area contributed by atoms with Crippen molar-refractivity contribution in [2.75, 3.05) is 6.61 Å². The van der Waals surface area contributed by atoms with Crippen LogP contribution in [0.15, 0.2) is 48.1 Å². The number of carbonyl (C=O) groups excluding carboxylic acids is 1. The van der Waals surface area contributed by atoms with Gasteiger partial charge in [0, 0.05) is 44.4 Å². The fourth-order valence-electron chi connectivity index (χ4n) is 13.1. The molecule has 0 aliphatic carbocycles. The lowest BCUT2D eigenvalue weighted by Crippen LogP contribution is -2.60. The number of rotatable bonds is 25. The predicted octanol–water partition coefficient (Wildman–Crippen LogP) is 11.4. The van der Waals surface area contributed by atoms with Crippen LogP contribution >= 0.6 is 0 Å². The van der Waals surface area contributed by atoms with Gasteiger partial charge < -0.3 is 58.3 Å². The minimum atomic E-state index is -2.01. The van der Waals surface area contributed by atoms with E-state index in [4.69, 9.17) is 37.9 Å². The molecule has 75 heavy (non-hydrogen) atoms. The second-order valence-electron chi connectivity index (χ2n) is 24.3. The third-order valence-electron chi connectivity index (χ3n) is 17.6. The van der Waals surface area contributed by atoms with E-state index in [0.29, 0.717) is 62.9 Å². The van der Waals surface area contributed by atoms with Crippen molar-refractivity contribution >= 4 is 11.9 Å². The van der Waals surface area contributed by atoms with E-state index in [2.05, 4.69) is 58.6 Å². The number of unbranched alkanes of at least 4 members (excludes halogenated alkanes) is 10. The maximum Gasteiger partial charge on any atom is 0.335 e. The first-order chi connectivity index (χ1) is 35.9. The maximum absolute atomic E-state index is 13.5. The largest absolute Gasteiger partial charge is 0.479 e. The summed E-state index contributed by atoms with van der Waals surface area (Å²) in [5.41, 5.74) is -0.602. The van der Waals surface area contributed by atoms with E-state index in [-0.39, 0.29) is 49.0 Å². The van der Waals surface area contributed by atoms with Crippen LogP contribution in [0.5, 0.6) is 0 Å². The number of hydrogen-bond donors (Lipinski definition) is 4. The van der Waals surface area contributed by atoms with Crippen molar-refractivity contribution in [3.8, 4) is 0 Å². The zero-order valence-corrected chi connectivity index (χ0v) is 46.8. The summed E-state index contributed by atoms with van der Waals surface area (Å²) in [5.74, 6) is -4.27. The molecular formula is C61H98O14. The van der Waals surface area contributed by atoms with Crippen LogP contribution in [0.25, 0.3) is 0 Å². The molecule has 0 aromatic heterocycles. The van der Waals surface area contributed by atoms with Crippen LogP contribution in [0.2, 0.25) is 0 Å². The second-order valence-corrected chi connectivity index (χ2v) is 24.3. The van der Waals surface area contributed by atoms with Gasteiger partial charge in [-0.2, -0.15) is 0 Å². The molecule has 0 amide bonds. The van der Waals surface area contributed by atoms with E-state index < -0.39 is 71.7 Å².